The molecule has 2 aromatic rings. The fraction of sp³-hybridized carbons (Fsp3) is 0.118. The maximum Gasteiger partial charge on any atom is 0.271 e. The van der Waals surface area contributed by atoms with E-state index in [2.05, 4.69) is 15.8 Å². The average Bonchev–Trinajstić information content (AvgIpc) is 2.58. The number of halogens is 1. The SMILES string of the molecule is C/C(=N/NC(=O)c1cccc(Cl)c1)c1ccc2c(c1)NC(=O)CO2. The largest absolute Gasteiger partial charge is 0.482 e. The highest BCUT2D eigenvalue weighted by atomic mass is 35.5. The number of benzene rings is 2. The van der Waals surface area contributed by atoms with Crippen molar-refractivity contribution >= 4 is 34.8 Å². The minimum atomic E-state index is -0.355. The van der Waals surface area contributed by atoms with Gasteiger partial charge in [-0.15, -0.1) is 0 Å². The molecule has 0 bridgehead atoms. The summed E-state index contributed by atoms with van der Waals surface area (Å²) in [5.41, 5.74) is 4.84. The Morgan fingerprint density at radius 1 is 1.25 bits per heavy atom. The fourth-order valence-corrected chi connectivity index (χ4v) is 2.39. The maximum atomic E-state index is 12.1. The average molecular weight is 344 g/mol. The van der Waals surface area contributed by atoms with Gasteiger partial charge in [-0.05, 0) is 48.9 Å². The van der Waals surface area contributed by atoms with Crippen molar-refractivity contribution in [3.63, 3.8) is 0 Å². The third-order valence-corrected chi connectivity index (χ3v) is 3.68. The van der Waals surface area contributed by atoms with Crippen LogP contribution in [0.4, 0.5) is 5.69 Å². The molecule has 0 atom stereocenters. The second-order valence-corrected chi connectivity index (χ2v) is 5.63. The number of nitrogens with one attached hydrogen (secondary N) is 2. The van der Waals surface area contributed by atoms with E-state index in [0.717, 1.165) is 5.56 Å². The number of fused-ring (bicyclic) bond motifs is 1. The molecular formula is C17H14ClN3O3. The molecule has 2 aromatic carbocycles. The highest BCUT2D eigenvalue weighted by molar-refractivity contribution is 6.31. The molecule has 1 heterocycles. The molecule has 122 valence electrons. The van der Waals surface area contributed by atoms with Crippen LogP contribution in [0.15, 0.2) is 47.6 Å². The molecule has 6 nitrogen and oxygen atoms in total. The summed E-state index contributed by atoms with van der Waals surface area (Å²) in [6, 6.07) is 11.9. The zero-order valence-electron chi connectivity index (χ0n) is 12.8. The lowest BCUT2D eigenvalue weighted by Gasteiger charge is -2.18. The van der Waals surface area contributed by atoms with Gasteiger partial charge in [-0.25, -0.2) is 5.43 Å². The first-order chi connectivity index (χ1) is 11.5. The number of anilines is 1. The number of carbonyl (C=O) groups excluding carboxylic acids is 2. The van der Waals surface area contributed by atoms with Gasteiger partial charge in [0, 0.05) is 10.6 Å². The number of rotatable bonds is 3. The normalized spacial score (nSPS) is 13.6. The number of hydrazone groups is 1. The third-order valence-electron chi connectivity index (χ3n) is 3.44. The van der Waals surface area contributed by atoms with Crippen LogP contribution < -0.4 is 15.5 Å². The first-order valence-corrected chi connectivity index (χ1v) is 7.58. The number of hydrogen-bond acceptors (Lipinski definition) is 4. The Balaban J connectivity index is 1.75. The smallest absolute Gasteiger partial charge is 0.271 e. The Morgan fingerprint density at radius 2 is 2.08 bits per heavy atom. The van der Waals surface area contributed by atoms with E-state index < -0.39 is 0 Å². The monoisotopic (exact) mass is 343 g/mol. The van der Waals surface area contributed by atoms with Gasteiger partial charge >= 0.3 is 0 Å². The van der Waals surface area contributed by atoms with E-state index in [1.807, 2.05) is 0 Å². The van der Waals surface area contributed by atoms with E-state index in [4.69, 9.17) is 16.3 Å². The topological polar surface area (TPSA) is 79.8 Å². The van der Waals surface area contributed by atoms with Crippen molar-refractivity contribution in [2.45, 2.75) is 6.92 Å². The lowest BCUT2D eigenvalue weighted by molar-refractivity contribution is -0.118. The summed E-state index contributed by atoms with van der Waals surface area (Å²) in [5, 5.41) is 7.30. The standard InChI is InChI=1S/C17H14ClN3O3/c1-10(20-21-17(23)12-3-2-4-13(18)7-12)11-5-6-15-14(8-11)19-16(22)9-24-15/h2-8H,9H2,1H3,(H,19,22)(H,21,23)/b20-10-. The molecule has 0 unspecified atom stereocenters. The second-order valence-electron chi connectivity index (χ2n) is 5.20. The van der Waals surface area contributed by atoms with Gasteiger partial charge in [-0.1, -0.05) is 17.7 Å². The Hall–Kier alpha value is -2.86. The maximum absolute atomic E-state index is 12.1. The fourth-order valence-electron chi connectivity index (χ4n) is 2.20. The van der Waals surface area contributed by atoms with Gasteiger partial charge in [0.1, 0.15) is 5.75 Å². The van der Waals surface area contributed by atoms with E-state index in [9.17, 15) is 9.59 Å². The van der Waals surface area contributed by atoms with E-state index in [1.54, 1.807) is 49.4 Å². The summed E-state index contributed by atoms with van der Waals surface area (Å²) < 4.78 is 5.30. The van der Waals surface area contributed by atoms with Crippen LogP contribution in [0.5, 0.6) is 5.75 Å². The quantitative estimate of drug-likeness (QED) is 0.664. The van der Waals surface area contributed by atoms with Crippen LogP contribution in [0.25, 0.3) is 0 Å². The van der Waals surface area contributed by atoms with E-state index in [-0.39, 0.29) is 18.4 Å². The summed E-state index contributed by atoms with van der Waals surface area (Å²) in [6.07, 6.45) is 0. The Kier molecular flexibility index (Phi) is 4.48. The number of carbonyl (C=O) groups is 2. The van der Waals surface area contributed by atoms with Gasteiger partial charge in [0.2, 0.25) is 0 Å². The van der Waals surface area contributed by atoms with Crippen molar-refractivity contribution in [1.29, 1.82) is 0 Å². The molecule has 0 radical (unpaired) electrons. The van der Waals surface area contributed by atoms with Crippen molar-refractivity contribution in [3.05, 3.63) is 58.6 Å². The summed E-state index contributed by atoms with van der Waals surface area (Å²) in [6.45, 7) is 1.76. The van der Waals surface area contributed by atoms with Gasteiger partial charge in [-0.3, -0.25) is 9.59 Å². The molecule has 0 aromatic heterocycles. The number of ether oxygens (including phenoxy) is 1. The first kappa shape index (κ1) is 16.0. The molecule has 0 saturated heterocycles. The van der Waals surface area contributed by atoms with Crippen LogP contribution in [0.2, 0.25) is 5.02 Å². The predicted molar refractivity (Wildman–Crippen MR) is 91.7 cm³/mol. The number of nitrogens with zero attached hydrogens (tertiary/aromatic N) is 1. The molecule has 2 amide bonds. The van der Waals surface area contributed by atoms with Gasteiger partial charge < -0.3 is 10.1 Å². The molecule has 0 aliphatic carbocycles. The van der Waals surface area contributed by atoms with Crippen molar-refractivity contribution in [2.24, 2.45) is 5.10 Å². The van der Waals surface area contributed by atoms with Gasteiger partial charge in [-0.2, -0.15) is 5.10 Å². The molecule has 1 aliphatic rings. The lowest BCUT2D eigenvalue weighted by atomic mass is 10.1. The number of hydrogen-bond donors (Lipinski definition) is 2. The third kappa shape index (κ3) is 3.55. The van der Waals surface area contributed by atoms with Gasteiger partial charge in [0.05, 0.1) is 11.4 Å². The highest BCUT2D eigenvalue weighted by Crippen LogP contribution is 2.28. The Morgan fingerprint density at radius 3 is 2.88 bits per heavy atom. The molecule has 7 heteroatoms. The molecule has 3 rings (SSSR count). The van der Waals surface area contributed by atoms with Crippen LogP contribution in [0, 0.1) is 0 Å². The lowest BCUT2D eigenvalue weighted by Crippen LogP contribution is -2.25. The molecule has 1 aliphatic heterocycles. The predicted octanol–water partition coefficient (Wildman–Crippen LogP) is 2.82. The minimum absolute atomic E-state index is 0.00904. The van der Waals surface area contributed by atoms with Crippen LogP contribution in [-0.4, -0.2) is 24.1 Å². The molecule has 24 heavy (non-hydrogen) atoms. The molecule has 0 saturated carbocycles. The summed E-state index contributed by atoms with van der Waals surface area (Å²) in [5.74, 6) is 0.0454. The van der Waals surface area contributed by atoms with Crippen molar-refractivity contribution in [3.8, 4) is 5.75 Å². The van der Waals surface area contributed by atoms with Crippen LogP contribution in [0.1, 0.15) is 22.8 Å². The number of amides is 2. The molecule has 0 fully saturated rings. The summed E-state index contributed by atoms with van der Waals surface area (Å²) in [7, 11) is 0. The molecule has 2 N–H and O–H groups in total. The van der Waals surface area contributed by atoms with E-state index >= 15 is 0 Å². The van der Waals surface area contributed by atoms with E-state index in [0.29, 0.717) is 27.7 Å². The van der Waals surface area contributed by atoms with Gasteiger partial charge in [0.15, 0.2) is 6.61 Å². The minimum Gasteiger partial charge on any atom is -0.482 e. The summed E-state index contributed by atoms with van der Waals surface area (Å²) >= 11 is 5.86. The van der Waals surface area contributed by atoms with Crippen molar-refractivity contribution in [1.82, 2.24) is 5.43 Å². The Bertz CT molecular complexity index is 849. The molecular weight excluding hydrogens is 330 g/mol. The van der Waals surface area contributed by atoms with Crippen molar-refractivity contribution < 1.29 is 14.3 Å². The zero-order chi connectivity index (χ0) is 17.1. The highest BCUT2D eigenvalue weighted by Gasteiger charge is 2.16. The van der Waals surface area contributed by atoms with Gasteiger partial charge in [0.25, 0.3) is 11.8 Å². The Labute approximate surface area is 143 Å². The van der Waals surface area contributed by atoms with E-state index in [1.165, 1.54) is 0 Å². The van der Waals surface area contributed by atoms with Crippen molar-refractivity contribution in [2.75, 3.05) is 11.9 Å². The molecule has 0 spiro atoms. The van der Waals surface area contributed by atoms with Crippen LogP contribution in [-0.2, 0) is 4.79 Å². The summed E-state index contributed by atoms with van der Waals surface area (Å²) in [4.78, 5) is 23.4. The van der Waals surface area contributed by atoms with Crippen LogP contribution >= 0.6 is 11.6 Å². The van der Waals surface area contributed by atoms with Crippen LogP contribution in [0.3, 0.4) is 0 Å². The zero-order valence-corrected chi connectivity index (χ0v) is 13.6. The first-order valence-electron chi connectivity index (χ1n) is 7.20. The second kappa shape index (κ2) is 6.72.